The van der Waals surface area contributed by atoms with Crippen molar-refractivity contribution < 1.29 is 27.9 Å². The van der Waals surface area contributed by atoms with Crippen molar-refractivity contribution in [3.63, 3.8) is 0 Å². The first-order valence-electron chi connectivity index (χ1n) is 12.5. The molecule has 208 valence electrons. The number of hydrogen-bond donors (Lipinski definition) is 1. The molecule has 1 N–H and O–H groups in total. The van der Waals surface area contributed by atoms with E-state index in [9.17, 15) is 18.0 Å². The Hall–Kier alpha value is -4.03. The van der Waals surface area contributed by atoms with Crippen molar-refractivity contribution in [2.75, 3.05) is 24.5 Å². The molecule has 0 atom stereocenters. The Labute approximate surface area is 223 Å². The minimum absolute atomic E-state index is 0.0128. The second kappa shape index (κ2) is 11.0. The number of fused-ring (bicyclic) bond motifs is 2. The van der Waals surface area contributed by atoms with Crippen LogP contribution in [0.1, 0.15) is 60.0 Å². The lowest BCUT2D eigenvalue weighted by atomic mass is 9.72. The third kappa shape index (κ3) is 6.18. The summed E-state index contributed by atoms with van der Waals surface area (Å²) in [6.45, 7) is 9.16. The van der Waals surface area contributed by atoms with Crippen LogP contribution in [0.5, 0.6) is 0 Å². The van der Waals surface area contributed by atoms with Gasteiger partial charge in [0.25, 0.3) is 5.91 Å². The largest absolute Gasteiger partial charge is 0.490 e. The summed E-state index contributed by atoms with van der Waals surface area (Å²) in [5, 5.41) is 12.1. The molecule has 1 saturated heterocycles. The fraction of sp³-hybridized carbons (Fsp3) is 0.462. The van der Waals surface area contributed by atoms with Crippen molar-refractivity contribution in [3.8, 4) is 0 Å². The van der Waals surface area contributed by atoms with Gasteiger partial charge in [0.1, 0.15) is 5.69 Å². The summed E-state index contributed by atoms with van der Waals surface area (Å²) in [5.41, 5.74) is 3.68. The topological polar surface area (TPSA) is 117 Å². The minimum atomic E-state index is -5.08. The highest BCUT2D eigenvalue weighted by Crippen LogP contribution is 2.42. The normalized spacial score (nSPS) is 16.5. The lowest BCUT2D eigenvalue weighted by molar-refractivity contribution is -0.192. The van der Waals surface area contributed by atoms with Gasteiger partial charge >= 0.3 is 12.1 Å². The number of aryl methyl sites for hydroxylation is 1. The van der Waals surface area contributed by atoms with Crippen LogP contribution in [0.3, 0.4) is 0 Å². The molecule has 3 aromatic rings. The number of carboxylic acids is 1. The zero-order chi connectivity index (χ0) is 28.4. The molecule has 39 heavy (non-hydrogen) atoms. The van der Waals surface area contributed by atoms with Gasteiger partial charge in [-0.2, -0.15) is 18.3 Å². The van der Waals surface area contributed by atoms with Crippen LogP contribution < -0.4 is 4.90 Å². The van der Waals surface area contributed by atoms with Crippen LogP contribution in [0, 0.1) is 6.92 Å². The third-order valence-corrected chi connectivity index (χ3v) is 6.91. The molecule has 5 rings (SSSR count). The number of nitrogens with zero attached hydrogens (tertiary/aromatic N) is 7. The highest BCUT2D eigenvalue weighted by Gasteiger charge is 2.46. The van der Waals surface area contributed by atoms with Crippen molar-refractivity contribution in [2.45, 2.75) is 57.8 Å². The van der Waals surface area contributed by atoms with Crippen molar-refractivity contribution >= 4 is 17.8 Å². The van der Waals surface area contributed by atoms with Gasteiger partial charge < -0.3 is 14.9 Å². The number of rotatable bonds is 3. The Morgan fingerprint density at radius 2 is 1.72 bits per heavy atom. The monoisotopic (exact) mass is 545 g/mol. The first-order valence-corrected chi connectivity index (χ1v) is 12.5. The predicted octanol–water partition coefficient (Wildman–Crippen LogP) is 3.78. The number of aromatic nitrogens is 5. The second-order valence-corrected chi connectivity index (χ2v) is 10.1. The number of piperidine rings is 1. The summed E-state index contributed by atoms with van der Waals surface area (Å²) in [4.78, 5) is 39.7. The third-order valence-electron chi connectivity index (χ3n) is 6.91. The van der Waals surface area contributed by atoms with E-state index < -0.39 is 12.1 Å². The molecule has 0 bridgehead atoms. The number of aliphatic carboxylic acids is 1. The molecule has 2 aliphatic heterocycles. The molecule has 5 heterocycles. The summed E-state index contributed by atoms with van der Waals surface area (Å²) in [5.74, 6) is -2.00. The molecule has 3 aromatic heterocycles. The summed E-state index contributed by atoms with van der Waals surface area (Å²) < 4.78 is 33.8. The number of halogens is 3. The number of amides is 1. The minimum Gasteiger partial charge on any atom is -0.475 e. The van der Waals surface area contributed by atoms with Crippen molar-refractivity contribution in [3.05, 3.63) is 65.5 Å². The summed E-state index contributed by atoms with van der Waals surface area (Å²) in [6.07, 6.45) is 4.16. The van der Waals surface area contributed by atoms with Crippen molar-refractivity contribution in [1.29, 1.82) is 0 Å². The lowest BCUT2D eigenvalue weighted by Gasteiger charge is -2.46. The van der Waals surface area contributed by atoms with E-state index in [1.54, 1.807) is 18.6 Å². The van der Waals surface area contributed by atoms with E-state index in [1.807, 2.05) is 34.7 Å². The van der Waals surface area contributed by atoms with Crippen LogP contribution in [0.15, 0.2) is 43.0 Å². The van der Waals surface area contributed by atoms with Crippen LogP contribution in [-0.2, 0) is 16.8 Å². The Kier molecular flexibility index (Phi) is 7.89. The smallest absolute Gasteiger partial charge is 0.475 e. The Balaban J connectivity index is 0.000000448. The molecule has 0 aliphatic carbocycles. The van der Waals surface area contributed by atoms with Crippen LogP contribution in [0.2, 0.25) is 0 Å². The number of hydrogen-bond acceptors (Lipinski definition) is 7. The molecule has 0 saturated carbocycles. The maximum Gasteiger partial charge on any atom is 0.490 e. The van der Waals surface area contributed by atoms with E-state index in [0.717, 1.165) is 48.7 Å². The standard InChI is InChI=1S/C24H29N7O.C2HF3O2/c1-17(2)31-15-19-14-30(22(32)20-6-5-18(3)13-27-20)16-24(21(19)28-31)7-11-29(12-8-24)23-25-9-4-10-26-23;3-2(4,5)1(6)7/h4-6,9-10,13,15,17H,7-8,11-12,14,16H2,1-3H3;(H,6,7). The van der Waals surface area contributed by atoms with Gasteiger partial charge in [0, 0.05) is 68.0 Å². The molecule has 0 radical (unpaired) electrons. The number of pyridine rings is 1. The summed E-state index contributed by atoms with van der Waals surface area (Å²) >= 11 is 0. The van der Waals surface area contributed by atoms with Crippen LogP contribution in [0.25, 0.3) is 0 Å². The van der Waals surface area contributed by atoms with Gasteiger partial charge in [-0.3, -0.25) is 14.5 Å². The number of carbonyl (C=O) groups is 2. The number of anilines is 1. The summed E-state index contributed by atoms with van der Waals surface area (Å²) in [6, 6.07) is 5.88. The zero-order valence-corrected chi connectivity index (χ0v) is 21.9. The van der Waals surface area contributed by atoms with Crippen LogP contribution >= 0.6 is 0 Å². The average Bonchev–Trinajstić information content (AvgIpc) is 3.35. The van der Waals surface area contributed by atoms with E-state index in [4.69, 9.17) is 15.0 Å². The Morgan fingerprint density at radius 3 is 2.26 bits per heavy atom. The molecule has 2 aliphatic rings. The van der Waals surface area contributed by atoms with E-state index in [0.29, 0.717) is 18.8 Å². The first-order chi connectivity index (χ1) is 18.4. The highest BCUT2D eigenvalue weighted by atomic mass is 19.4. The quantitative estimate of drug-likeness (QED) is 0.529. The molecule has 1 spiro atoms. The van der Waals surface area contributed by atoms with Crippen molar-refractivity contribution in [2.24, 2.45) is 0 Å². The Bertz CT molecular complexity index is 1300. The molecule has 0 aromatic carbocycles. The highest BCUT2D eigenvalue weighted by molar-refractivity contribution is 5.92. The lowest BCUT2D eigenvalue weighted by Crippen LogP contribution is -2.53. The number of alkyl halides is 3. The van der Waals surface area contributed by atoms with E-state index in [1.165, 1.54) is 0 Å². The molecule has 13 heteroatoms. The maximum absolute atomic E-state index is 13.4. The molecule has 1 amide bonds. The number of carboxylic acid groups (broad SMARTS) is 1. The van der Waals surface area contributed by atoms with E-state index in [2.05, 4.69) is 39.9 Å². The van der Waals surface area contributed by atoms with Gasteiger partial charge in [0.05, 0.1) is 5.69 Å². The molecular formula is C26H30F3N7O3. The zero-order valence-electron chi connectivity index (χ0n) is 21.9. The Morgan fingerprint density at radius 1 is 1.08 bits per heavy atom. The van der Waals surface area contributed by atoms with Crippen LogP contribution in [0.4, 0.5) is 19.1 Å². The summed E-state index contributed by atoms with van der Waals surface area (Å²) in [7, 11) is 0. The van der Waals surface area contributed by atoms with Crippen LogP contribution in [-0.4, -0.2) is 72.4 Å². The van der Waals surface area contributed by atoms with Gasteiger partial charge in [-0.25, -0.2) is 14.8 Å². The predicted molar refractivity (Wildman–Crippen MR) is 135 cm³/mol. The fourth-order valence-corrected chi connectivity index (χ4v) is 4.84. The molecule has 1 fully saturated rings. The van der Waals surface area contributed by atoms with Gasteiger partial charge in [0.15, 0.2) is 0 Å². The van der Waals surface area contributed by atoms with Gasteiger partial charge in [-0.05, 0) is 51.3 Å². The van der Waals surface area contributed by atoms with Gasteiger partial charge in [-0.1, -0.05) is 6.07 Å². The average molecular weight is 546 g/mol. The van der Waals surface area contributed by atoms with E-state index in [-0.39, 0.29) is 17.4 Å². The van der Waals surface area contributed by atoms with E-state index >= 15 is 0 Å². The van der Waals surface area contributed by atoms with Gasteiger partial charge in [0.2, 0.25) is 5.95 Å². The molecule has 10 nitrogen and oxygen atoms in total. The SMILES string of the molecule is Cc1ccc(C(=O)N2Cc3cn(C(C)C)nc3C3(CCN(c4ncccn4)CC3)C2)nc1.O=C(O)C(F)(F)F. The van der Waals surface area contributed by atoms with Gasteiger partial charge in [-0.15, -0.1) is 0 Å². The van der Waals surface area contributed by atoms with Crippen molar-refractivity contribution in [1.82, 2.24) is 29.6 Å². The molecule has 0 unspecified atom stereocenters. The molecular weight excluding hydrogens is 515 g/mol. The number of carbonyl (C=O) groups excluding carboxylic acids is 1. The first kappa shape index (κ1) is 28.0. The second-order valence-electron chi connectivity index (χ2n) is 10.1. The fourth-order valence-electron chi connectivity index (χ4n) is 4.84. The maximum atomic E-state index is 13.4.